The topological polar surface area (TPSA) is 54.6 Å². The summed E-state index contributed by atoms with van der Waals surface area (Å²) < 4.78 is 10.7. The first kappa shape index (κ1) is 20.6. The molecule has 1 aliphatic carbocycles. The van der Waals surface area contributed by atoms with E-state index in [2.05, 4.69) is 24.0 Å². The first-order valence-corrected chi connectivity index (χ1v) is 8.83. The molecule has 0 bridgehead atoms. The molecule has 1 aliphatic rings. The highest BCUT2D eigenvalue weighted by Gasteiger charge is 2.40. The van der Waals surface area contributed by atoms with Crippen LogP contribution in [0.2, 0.25) is 0 Å². The van der Waals surface area contributed by atoms with Gasteiger partial charge in [0.2, 0.25) is 0 Å². The molecule has 0 spiro atoms. The third kappa shape index (κ3) is 5.87. The van der Waals surface area contributed by atoms with Gasteiger partial charge in [-0.25, -0.2) is 4.99 Å². The lowest BCUT2D eigenvalue weighted by Gasteiger charge is -2.43. The summed E-state index contributed by atoms with van der Waals surface area (Å²) in [4.78, 5) is 4.27. The van der Waals surface area contributed by atoms with Crippen LogP contribution in [0.25, 0.3) is 0 Å². The largest absolute Gasteiger partial charge is 0.487 e. The van der Waals surface area contributed by atoms with Gasteiger partial charge in [-0.3, -0.25) is 0 Å². The zero-order valence-electron chi connectivity index (χ0n) is 15.2. The van der Waals surface area contributed by atoms with Crippen molar-refractivity contribution in [2.45, 2.75) is 52.1 Å². The Morgan fingerprint density at radius 2 is 2.17 bits per heavy atom. The minimum atomic E-state index is 0.0931. The minimum Gasteiger partial charge on any atom is -0.487 e. The van der Waals surface area contributed by atoms with Crippen LogP contribution in [-0.2, 0) is 9.47 Å². The molecule has 0 saturated heterocycles. The van der Waals surface area contributed by atoms with Crippen LogP contribution in [0, 0.1) is 22.7 Å². The van der Waals surface area contributed by atoms with Crippen molar-refractivity contribution in [3.05, 3.63) is 23.5 Å². The van der Waals surface area contributed by atoms with E-state index in [0.717, 1.165) is 32.1 Å². The molecule has 0 aromatic carbocycles. The van der Waals surface area contributed by atoms with Crippen LogP contribution in [0.15, 0.2) is 28.5 Å². The number of aliphatic imine (C=N–C) groups is 1. The molecule has 1 saturated carbocycles. The average molecular weight is 349 g/mol. The zero-order chi connectivity index (χ0) is 18.0. The molecule has 0 unspecified atom stereocenters. The maximum atomic E-state index is 8.93. The highest BCUT2D eigenvalue weighted by Crippen LogP contribution is 2.46. The average Bonchev–Trinajstić information content (AvgIpc) is 2.60. The lowest BCUT2D eigenvalue weighted by molar-refractivity contribution is -0.0203. The molecule has 24 heavy (non-hydrogen) atoms. The predicted molar refractivity (Wildman–Crippen MR) is 99.8 cm³/mol. The summed E-state index contributed by atoms with van der Waals surface area (Å²) in [6, 6.07) is 2.02. The molecule has 0 aliphatic heterocycles. The summed E-state index contributed by atoms with van der Waals surface area (Å²) in [5, 5.41) is 11.5. The molecule has 5 heteroatoms. The fraction of sp³-hybridized carbons (Fsp3) is 0.684. The van der Waals surface area contributed by atoms with Gasteiger partial charge in [0.25, 0.3) is 0 Å². The van der Waals surface area contributed by atoms with Crippen LogP contribution < -0.4 is 0 Å². The summed E-state index contributed by atoms with van der Waals surface area (Å²) in [5.41, 5.74) is 1.31. The maximum Gasteiger partial charge on any atom is 0.196 e. The maximum absolute atomic E-state index is 8.93. The van der Waals surface area contributed by atoms with Crippen molar-refractivity contribution in [1.29, 1.82) is 5.26 Å². The monoisotopic (exact) mass is 348 g/mol. The van der Waals surface area contributed by atoms with E-state index in [4.69, 9.17) is 27.0 Å². The number of thiocarbonyl (C=S) groups is 1. The van der Waals surface area contributed by atoms with Crippen molar-refractivity contribution in [3.8, 4) is 6.07 Å². The van der Waals surface area contributed by atoms with E-state index in [1.807, 2.05) is 12.1 Å². The van der Waals surface area contributed by atoms with E-state index in [1.165, 1.54) is 12.7 Å². The number of nitriles is 1. The van der Waals surface area contributed by atoms with Crippen LogP contribution in [0.1, 0.15) is 46.0 Å². The SMILES string of the molecule is CC[C@H]1C[C@](CN=C=S)(C/C(C)=C/C=C(/C#N)OC)CC[C@@H]1OC. The standard InChI is InChI=1S/C19H28N2O2S/c1-5-16-11-19(13-21-14-24,9-8-18(16)23-4)10-15(2)6-7-17(12-20)22-3/h6-7,16,18H,5,8-11,13H2,1-4H3/b15-6+,17-7-/t16-,18-,19+/m0/s1. The molecule has 4 nitrogen and oxygen atoms in total. The lowest BCUT2D eigenvalue weighted by atomic mass is 9.65. The first-order chi connectivity index (χ1) is 11.5. The van der Waals surface area contributed by atoms with Crippen molar-refractivity contribution in [3.63, 3.8) is 0 Å². The van der Waals surface area contributed by atoms with Gasteiger partial charge >= 0.3 is 0 Å². The van der Waals surface area contributed by atoms with Crippen LogP contribution in [0.5, 0.6) is 0 Å². The van der Waals surface area contributed by atoms with Crippen LogP contribution in [0.3, 0.4) is 0 Å². The van der Waals surface area contributed by atoms with Gasteiger partial charge in [0.15, 0.2) is 5.76 Å². The summed E-state index contributed by atoms with van der Waals surface area (Å²) in [7, 11) is 3.31. The fourth-order valence-corrected chi connectivity index (χ4v) is 3.84. The smallest absolute Gasteiger partial charge is 0.196 e. The van der Waals surface area contributed by atoms with Gasteiger partial charge in [-0.15, -0.1) is 0 Å². The van der Waals surface area contributed by atoms with E-state index in [0.29, 0.717) is 24.3 Å². The molecule has 0 aromatic rings. The van der Waals surface area contributed by atoms with Crippen molar-refractivity contribution in [2.75, 3.05) is 20.8 Å². The normalized spacial score (nSPS) is 28.0. The Morgan fingerprint density at radius 3 is 2.71 bits per heavy atom. The van der Waals surface area contributed by atoms with Crippen molar-refractivity contribution >= 4 is 17.4 Å². The van der Waals surface area contributed by atoms with Crippen molar-refractivity contribution in [1.82, 2.24) is 0 Å². The summed E-state index contributed by atoms with van der Waals surface area (Å²) >= 11 is 4.79. The number of allylic oxidation sites excluding steroid dienone is 4. The van der Waals surface area contributed by atoms with E-state index in [-0.39, 0.29) is 5.41 Å². The molecule has 0 N–H and O–H groups in total. The molecule has 1 fully saturated rings. The second kappa shape index (κ2) is 10.4. The van der Waals surface area contributed by atoms with E-state index >= 15 is 0 Å². The Bertz CT molecular complexity index is 558. The minimum absolute atomic E-state index is 0.0931. The van der Waals surface area contributed by atoms with Crippen LogP contribution in [-0.4, -0.2) is 32.0 Å². The van der Waals surface area contributed by atoms with E-state index in [9.17, 15) is 0 Å². The highest BCUT2D eigenvalue weighted by molar-refractivity contribution is 7.78. The Morgan fingerprint density at radius 1 is 1.42 bits per heavy atom. The second-order valence-electron chi connectivity index (χ2n) is 6.63. The molecule has 0 aromatic heterocycles. The Kier molecular flexibility index (Phi) is 8.92. The number of ether oxygens (including phenoxy) is 2. The molecular formula is C19H28N2O2S. The lowest BCUT2D eigenvalue weighted by Crippen LogP contribution is -2.39. The number of isothiocyanates is 1. The van der Waals surface area contributed by atoms with Crippen molar-refractivity contribution in [2.24, 2.45) is 16.3 Å². The number of rotatable bonds is 8. The number of nitrogens with zero attached hydrogens (tertiary/aromatic N) is 2. The van der Waals surface area contributed by atoms with E-state index < -0.39 is 0 Å². The third-order valence-electron chi connectivity index (χ3n) is 4.99. The summed E-state index contributed by atoms with van der Waals surface area (Å²) in [5.74, 6) is 0.857. The molecule has 132 valence electrons. The molecule has 1 rings (SSSR count). The second-order valence-corrected chi connectivity index (χ2v) is 6.81. The van der Waals surface area contributed by atoms with Crippen LogP contribution >= 0.6 is 12.2 Å². The Balaban J connectivity index is 2.97. The van der Waals surface area contributed by atoms with Gasteiger partial charge in [0.1, 0.15) is 6.07 Å². The zero-order valence-corrected chi connectivity index (χ0v) is 16.0. The highest BCUT2D eigenvalue weighted by atomic mass is 32.1. The van der Waals surface area contributed by atoms with Gasteiger partial charge in [0.05, 0.1) is 24.9 Å². The first-order valence-electron chi connectivity index (χ1n) is 8.42. The quantitative estimate of drug-likeness (QED) is 0.210. The molecule has 0 heterocycles. The molecule has 3 atom stereocenters. The van der Waals surface area contributed by atoms with Crippen molar-refractivity contribution < 1.29 is 9.47 Å². The van der Waals surface area contributed by atoms with Crippen LogP contribution in [0.4, 0.5) is 0 Å². The number of methoxy groups -OCH3 is 2. The summed E-state index contributed by atoms with van der Waals surface area (Å²) in [6.07, 6.45) is 9.25. The number of hydrogen-bond acceptors (Lipinski definition) is 5. The van der Waals surface area contributed by atoms with Gasteiger partial charge in [-0.1, -0.05) is 25.0 Å². The van der Waals surface area contributed by atoms with Gasteiger partial charge < -0.3 is 9.47 Å². The fourth-order valence-electron chi connectivity index (χ4n) is 3.77. The van der Waals surface area contributed by atoms with E-state index in [1.54, 1.807) is 13.2 Å². The van der Waals surface area contributed by atoms with Gasteiger partial charge in [-0.2, -0.15) is 5.26 Å². The third-order valence-corrected chi connectivity index (χ3v) is 5.12. The van der Waals surface area contributed by atoms with Gasteiger partial charge in [-0.05, 0) is 62.2 Å². The van der Waals surface area contributed by atoms with Gasteiger partial charge in [0, 0.05) is 7.11 Å². The predicted octanol–water partition coefficient (Wildman–Crippen LogP) is 4.69. The molecule has 0 amide bonds. The molecular weight excluding hydrogens is 320 g/mol. The number of hydrogen-bond donors (Lipinski definition) is 0. The summed E-state index contributed by atoms with van der Waals surface area (Å²) in [6.45, 7) is 5.01. The Labute approximate surface area is 151 Å². The molecule has 0 radical (unpaired) electrons. The Hall–Kier alpha value is -1.47.